The highest BCUT2D eigenvalue weighted by molar-refractivity contribution is 5.93. The van der Waals surface area contributed by atoms with Crippen molar-refractivity contribution >= 4 is 23.3 Å². The molecule has 1 aromatic carbocycles. The van der Waals surface area contributed by atoms with Gasteiger partial charge in [-0.3, -0.25) is 4.79 Å². The van der Waals surface area contributed by atoms with E-state index in [4.69, 9.17) is 14.8 Å². The quantitative estimate of drug-likeness (QED) is 0.424. The van der Waals surface area contributed by atoms with Crippen LogP contribution in [0.25, 0.3) is 16.9 Å². The van der Waals surface area contributed by atoms with E-state index >= 15 is 0 Å². The third-order valence-corrected chi connectivity index (χ3v) is 7.44. The van der Waals surface area contributed by atoms with Gasteiger partial charge in [0.1, 0.15) is 5.69 Å². The Bertz CT molecular complexity index is 1280. The molecule has 2 aromatic heterocycles. The standard InChI is InChI=1S/C29H40N6O3/c1-6-22-16-26(28(36)34-14-10-8-9-11-20(34)4)32-27-17-25(33-35(22)27)24-13-12-21(15-19(24)3)31-29(37)30-18-23(7-2)38-5/h12-13,15-17,20,23H,6-11,14,18H2,1-5H3,(H2,30,31,37). The second-order valence-corrected chi connectivity index (χ2v) is 10.1. The Kier molecular flexibility index (Phi) is 8.99. The zero-order valence-electron chi connectivity index (χ0n) is 23.2. The summed E-state index contributed by atoms with van der Waals surface area (Å²) < 4.78 is 7.14. The van der Waals surface area contributed by atoms with Crippen molar-refractivity contribution in [3.05, 3.63) is 47.3 Å². The van der Waals surface area contributed by atoms with Crippen molar-refractivity contribution in [2.24, 2.45) is 0 Å². The molecule has 0 saturated carbocycles. The number of amides is 3. The van der Waals surface area contributed by atoms with E-state index in [9.17, 15) is 9.59 Å². The lowest BCUT2D eigenvalue weighted by Crippen LogP contribution is -2.38. The Morgan fingerprint density at radius 3 is 2.68 bits per heavy atom. The van der Waals surface area contributed by atoms with E-state index in [1.807, 2.05) is 53.6 Å². The molecule has 204 valence electrons. The highest BCUT2D eigenvalue weighted by Gasteiger charge is 2.25. The van der Waals surface area contributed by atoms with Crippen LogP contribution < -0.4 is 10.6 Å². The van der Waals surface area contributed by atoms with Crippen molar-refractivity contribution in [1.29, 1.82) is 0 Å². The second-order valence-electron chi connectivity index (χ2n) is 10.1. The molecule has 2 unspecified atom stereocenters. The molecule has 2 atom stereocenters. The number of anilines is 1. The average Bonchev–Trinajstić information content (AvgIpc) is 3.22. The molecule has 1 fully saturated rings. The van der Waals surface area contributed by atoms with Gasteiger partial charge in [-0.25, -0.2) is 14.3 Å². The molecule has 9 nitrogen and oxygen atoms in total. The number of nitrogens with zero attached hydrogens (tertiary/aromatic N) is 4. The summed E-state index contributed by atoms with van der Waals surface area (Å²) in [7, 11) is 1.64. The predicted molar refractivity (Wildman–Crippen MR) is 150 cm³/mol. The van der Waals surface area contributed by atoms with Gasteiger partial charge in [0.05, 0.1) is 11.8 Å². The van der Waals surface area contributed by atoms with Crippen LogP contribution >= 0.6 is 0 Å². The highest BCUT2D eigenvalue weighted by atomic mass is 16.5. The maximum Gasteiger partial charge on any atom is 0.319 e. The molecular weight excluding hydrogens is 480 g/mol. The minimum atomic E-state index is -0.270. The summed E-state index contributed by atoms with van der Waals surface area (Å²) in [6.07, 6.45) is 5.94. The van der Waals surface area contributed by atoms with Gasteiger partial charge in [0.15, 0.2) is 5.65 Å². The van der Waals surface area contributed by atoms with E-state index in [0.29, 0.717) is 23.6 Å². The fourth-order valence-corrected chi connectivity index (χ4v) is 5.06. The monoisotopic (exact) mass is 520 g/mol. The van der Waals surface area contributed by atoms with Gasteiger partial charge >= 0.3 is 6.03 Å². The lowest BCUT2D eigenvalue weighted by molar-refractivity contribution is 0.0691. The molecule has 3 amide bonds. The number of methoxy groups -OCH3 is 1. The Balaban J connectivity index is 1.56. The van der Waals surface area contributed by atoms with Gasteiger partial charge in [0.25, 0.3) is 5.91 Å². The molecule has 38 heavy (non-hydrogen) atoms. The van der Waals surface area contributed by atoms with E-state index in [-0.39, 0.29) is 24.1 Å². The number of rotatable bonds is 8. The first-order chi connectivity index (χ1) is 18.3. The predicted octanol–water partition coefficient (Wildman–Crippen LogP) is 5.22. The number of benzene rings is 1. The van der Waals surface area contributed by atoms with Crippen LogP contribution in [0.15, 0.2) is 30.3 Å². The van der Waals surface area contributed by atoms with Gasteiger partial charge in [-0.2, -0.15) is 5.10 Å². The highest BCUT2D eigenvalue weighted by Crippen LogP contribution is 2.27. The molecule has 2 N–H and O–H groups in total. The van der Waals surface area contributed by atoms with E-state index in [2.05, 4.69) is 24.5 Å². The molecular formula is C29H40N6O3. The van der Waals surface area contributed by atoms with Crippen molar-refractivity contribution < 1.29 is 14.3 Å². The van der Waals surface area contributed by atoms with Crippen molar-refractivity contribution in [2.75, 3.05) is 25.5 Å². The largest absolute Gasteiger partial charge is 0.380 e. The van der Waals surface area contributed by atoms with Crippen molar-refractivity contribution in [1.82, 2.24) is 24.8 Å². The van der Waals surface area contributed by atoms with Crippen LogP contribution in [0.2, 0.25) is 0 Å². The number of likely N-dealkylation sites (tertiary alicyclic amines) is 1. The minimum absolute atomic E-state index is 0.00000821. The number of urea groups is 1. The number of carbonyl (C=O) groups excluding carboxylic acids is 2. The minimum Gasteiger partial charge on any atom is -0.380 e. The molecule has 0 radical (unpaired) electrons. The molecule has 0 aliphatic carbocycles. The maximum atomic E-state index is 13.4. The lowest BCUT2D eigenvalue weighted by atomic mass is 10.1. The maximum absolute atomic E-state index is 13.4. The summed E-state index contributed by atoms with van der Waals surface area (Å²) in [4.78, 5) is 32.5. The molecule has 0 spiro atoms. The SMILES string of the molecule is CCc1cc(C(=O)N2CCCCCC2C)nc2cc(-c3ccc(NC(=O)NCC(CC)OC)cc3C)nn12. The van der Waals surface area contributed by atoms with Crippen LogP contribution in [0, 0.1) is 6.92 Å². The van der Waals surface area contributed by atoms with E-state index in [1.165, 1.54) is 0 Å². The Morgan fingerprint density at radius 2 is 1.97 bits per heavy atom. The van der Waals surface area contributed by atoms with Crippen LogP contribution in [-0.2, 0) is 11.2 Å². The average molecular weight is 521 g/mol. The summed E-state index contributed by atoms with van der Waals surface area (Å²) in [5.41, 5.74) is 5.49. The van der Waals surface area contributed by atoms with Crippen LogP contribution in [-0.4, -0.2) is 63.8 Å². The topological polar surface area (TPSA) is 101 Å². The van der Waals surface area contributed by atoms with Gasteiger partial charge in [-0.05, 0) is 63.3 Å². The summed E-state index contributed by atoms with van der Waals surface area (Å²) in [6, 6.07) is 9.51. The van der Waals surface area contributed by atoms with Crippen molar-refractivity contribution in [3.63, 3.8) is 0 Å². The number of aromatic nitrogens is 3. The first-order valence-electron chi connectivity index (χ1n) is 13.7. The first-order valence-corrected chi connectivity index (χ1v) is 13.7. The van der Waals surface area contributed by atoms with Gasteiger partial charge in [-0.1, -0.05) is 32.8 Å². The number of hydrogen-bond acceptors (Lipinski definition) is 5. The molecule has 3 aromatic rings. The van der Waals surface area contributed by atoms with E-state index in [1.54, 1.807) is 7.11 Å². The summed E-state index contributed by atoms with van der Waals surface area (Å²) >= 11 is 0. The zero-order chi connectivity index (χ0) is 27.2. The fourth-order valence-electron chi connectivity index (χ4n) is 5.06. The van der Waals surface area contributed by atoms with Gasteiger partial charge in [0.2, 0.25) is 0 Å². The third kappa shape index (κ3) is 6.15. The van der Waals surface area contributed by atoms with Crippen molar-refractivity contribution in [3.8, 4) is 11.3 Å². The van der Waals surface area contributed by atoms with Crippen LogP contribution in [0.5, 0.6) is 0 Å². The normalized spacial score (nSPS) is 16.8. The smallest absolute Gasteiger partial charge is 0.319 e. The van der Waals surface area contributed by atoms with Crippen LogP contribution in [0.4, 0.5) is 10.5 Å². The number of nitrogens with one attached hydrogen (secondary N) is 2. The number of hydrogen-bond donors (Lipinski definition) is 2. The number of aryl methyl sites for hydroxylation is 2. The van der Waals surface area contributed by atoms with Crippen LogP contribution in [0.3, 0.4) is 0 Å². The van der Waals surface area contributed by atoms with Gasteiger partial charge in [-0.15, -0.1) is 0 Å². The second kappa shape index (κ2) is 12.4. The summed E-state index contributed by atoms with van der Waals surface area (Å²) in [5.74, 6) is -0.00000821. The Hall–Kier alpha value is -3.46. The molecule has 3 heterocycles. The molecule has 4 rings (SSSR count). The van der Waals surface area contributed by atoms with Gasteiger partial charge in [0, 0.05) is 49.3 Å². The number of fused-ring (bicyclic) bond motifs is 1. The Morgan fingerprint density at radius 1 is 1.16 bits per heavy atom. The fraction of sp³-hybridized carbons (Fsp3) is 0.517. The molecule has 1 saturated heterocycles. The number of carbonyl (C=O) groups is 2. The summed E-state index contributed by atoms with van der Waals surface area (Å²) in [6.45, 7) is 9.43. The zero-order valence-corrected chi connectivity index (χ0v) is 23.2. The van der Waals surface area contributed by atoms with Crippen LogP contribution in [0.1, 0.15) is 74.6 Å². The summed E-state index contributed by atoms with van der Waals surface area (Å²) in [5, 5.41) is 10.6. The van der Waals surface area contributed by atoms with E-state index in [0.717, 1.165) is 67.6 Å². The number of ether oxygens (including phenoxy) is 1. The lowest BCUT2D eigenvalue weighted by Gasteiger charge is -2.27. The Labute approximate surface area is 225 Å². The third-order valence-electron chi connectivity index (χ3n) is 7.44. The molecule has 9 heteroatoms. The van der Waals surface area contributed by atoms with Gasteiger partial charge < -0.3 is 20.3 Å². The first kappa shape index (κ1) is 27.6. The van der Waals surface area contributed by atoms with Crippen molar-refractivity contribution in [2.45, 2.75) is 78.4 Å². The molecule has 1 aliphatic rings. The molecule has 0 bridgehead atoms. The van der Waals surface area contributed by atoms with E-state index < -0.39 is 0 Å². The molecule has 1 aliphatic heterocycles.